The summed E-state index contributed by atoms with van der Waals surface area (Å²) in [5, 5.41) is 13.6. The summed E-state index contributed by atoms with van der Waals surface area (Å²) in [5.74, 6) is 0.717. The van der Waals surface area contributed by atoms with Crippen LogP contribution in [0.4, 0.5) is 0 Å². The van der Waals surface area contributed by atoms with Gasteiger partial charge in [0.05, 0.1) is 7.11 Å². The molecule has 0 saturated carbocycles. The first kappa shape index (κ1) is 10.1. The minimum atomic E-state index is 0.187. The molecule has 0 atom stereocenters. The summed E-state index contributed by atoms with van der Waals surface area (Å²) in [7, 11) is 1.56. The maximum absolute atomic E-state index is 9.44. The highest BCUT2D eigenvalue weighted by atomic mass is 32.1. The lowest BCUT2D eigenvalue weighted by Crippen LogP contribution is -1.89. The molecule has 0 aliphatic heterocycles. The first-order valence-electron chi connectivity index (χ1n) is 4.66. The quantitative estimate of drug-likeness (QED) is 0.861. The van der Waals surface area contributed by atoms with E-state index in [1.165, 1.54) is 5.56 Å². The predicted octanol–water partition coefficient (Wildman–Crippen LogP) is 3.05. The average molecular weight is 220 g/mol. The number of aromatic hydroxyl groups is 1. The summed E-state index contributed by atoms with van der Waals surface area (Å²) in [4.78, 5) is 0. The Kier molecular flexibility index (Phi) is 2.92. The van der Waals surface area contributed by atoms with Gasteiger partial charge in [0.1, 0.15) is 0 Å². The van der Waals surface area contributed by atoms with Gasteiger partial charge in [0.2, 0.25) is 0 Å². The van der Waals surface area contributed by atoms with E-state index < -0.39 is 0 Å². The molecule has 0 amide bonds. The number of phenols is 1. The van der Waals surface area contributed by atoms with Crippen LogP contribution in [0.25, 0.3) is 0 Å². The zero-order chi connectivity index (χ0) is 10.7. The molecule has 78 valence electrons. The van der Waals surface area contributed by atoms with Crippen molar-refractivity contribution in [3.8, 4) is 11.5 Å². The molecule has 2 nitrogen and oxygen atoms in total. The van der Waals surface area contributed by atoms with Gasteiger partial charge in [-0.2, -0.15) is 11.3 Å². The molecule has 0 spiro atoms. The summed E-state index contributed by atoms with van der Waals surface area (Å²) in [6, 6.07) is 7.55. The Labute approximate surface area is 92.8 Å². The first-order chi connectivity index (χ1) is 7.29. The Morgan fingerprint density at radius 3 is 2.80 bits per heavy atom. The Morgan fingerprint density at radius 1 is 1.27 bits per heavy atom. The van der Waals surface area contributed by atoms with E-state index >= 15 is 0 Å². The molecule has 3 heteroatoms. The number of benzene rings is 1. The van der Waals surface area contributed by atoms with Crippen molar-refractivity contribution in [3.63, 3.8) is 0 Å². The highest BCUT2D eigenvalue weighted by Gasteiger charge is 2.03. The Hall–Kier alpha value is -1.48. The van der Waals surface area contributed by atoms with Gasteiger partial charge in [-0.25, -0.2) is 0 Å². The molecule has 0 fully saturated rings. The second-order valence-electron chi connectivity index (χ2n) is 3.31. The molecule has 1 aromatic heterocycles. The predicted molar refractivity (Wildman–Crippen MR) is 61.8 cm³/mol. The van der Waals surface area contributed by atoms with Crippen LogP contribution in [0.1, 0.15) is 11.1 Å². The number of rotatable bonds is 3. The van der Waals surface area contributed by atoms with Crippen molar-refractivity contribution in [2.45, 2.75) is 6.42 Å². The molecular weight excluding hydrogens is 208 g/mol. The molecule has 15 heavy (non-hydrogen) atoms. The van der Waals surface area contributed by atoms with Crippen LogP contribution in [0, 0.1) is 0 Å². The summed E-state index contributed by atoms with van der Waals surface area (Å²) >= 11 is 1.69. The molecule has 2 rings (SSSR count). The van der Waals surface area contributed by atoms with Crippen LogP contribution < -0.4 is 4.74 Å². The molecule has 1 N–H and O–H groups in total. The van der Waals surface area contributed by atoms with E-state index in [1.807, 2.05) is 12.1 Å². The number of ether oxygens (including phenoxy) is 1. The molecule has 0 unspecified atom stereocenters. The summed E-state index contributed by atoms with van der Waals surface area (Å²) < 4.78 is 5.06. The molecule has 0 aliphatic carbocycles. The van der Waals surface area contributed by atoms with Gasteiger partial charge in [0.25, 0.3) is 0 Å². The van der Waals surface area contributed by atoms with Gasteiger partial charge < -0.3 is 9.84 Å². The Balaban J connectivity index is 2.22. The van der Waals surface area contributed by atoms with Crippen LogP contribution in [-0.2, 0) is 6.42 Å². The van der Waals surface area contributed by atoms with Crippen molar-refractivity contribution in [1.29, 1.82) is 0 Å². The lowest BCUT2D eigenvalue weighted by Gasteiger charge is -2.05. The van der Waals surface area contributed by atoms with Crippen molar-refractivity contribution in [3.05, 3.63) is 46.2 Å². The molecule has 0 aliphatic rings. The SMILES string of the molecule is COc1cc(Cc2ccsc2)ccc1O. The topological polar surface area (TPSA) is 29.5 Å². The lowest BCUT2D eigenvalue weighted by molar-refractivity contribution is 0.373. The lowest BCUT2D eigenvalue weighted by atomic mass is 10.1. The fourth-order valence-corrected chi connectivity index (χ4v) is 2.13. The minimum Gasteiger partial charge on any atom is -0.504 e. The molecule has 2 aromatic rings. The maximum Gasteiger partial charge on any atom is 0.160 e. The Bertz CT molecular complexity index is 435. The van der Waals surface area contributed by atoms with Gasteiger partial charge in [0, 0.05) is 0 Å². The average Bonchev–Trinajstić information content (AvgIpc) is 2.73. The smallest absolute Gasteiger partial charge is 0.160 e. The van der Waals surface area contributed by atoms with E-state index in [1.54, 1.807) is 24.5 Å². The number of hydrogen-bond acceptors (Lipinski definition) is 3. The van der Waals surface area contributed by atoms with Crippen molar-refractivity contribution < 1.29 is 9.84 Å². The normalized spacial score (nSPS) is 10.2. The zero-order valence-corrected chi connectivity index (χ0v) is 9.25. The highest BCUT2D eigenvalue weighted by molar-refractivity contribution is 7.07. The number of hydrogen-bond donors (Lipinski definition) is 1. The molecule has 0 bridgehead atoms. The van der Waals surface area contributed by atoms with E-state index in [0.717, 1.165) is 12.0 Å². The van der Waals surface area contributed by atoms with Crippen LogP contribution in [0.15, 0.2) is 35.0 Å². The van der Waals surface area contributed by atoms with Gasteiger partial charge in [-0.15, -0.1) is 0 Å². The third-order valence-electron chi connectivity index (χ3n) is 2.23. The maximum atomic E-state index is 9.44. The van der Waals surface area contributed by atoms with Gasteiger partial charge in [-0.05, 0) is 46.5 Å². The van der Waals surface area contributed by atoms with Crippen molar-refractivity contribution in [1.82, 2.24) is 0 Å². The summed E-state index contributed by atoms with van der Waals surface area (Å²) in [6.07, 6.45) is 0.875. The molecule has 0 saturated heterocycles. The van der Waals surface area contributed by atoms with Gasteiger partial charge in [-0.3, -0.25) is 0 Å². The molecular formula is C12H12O2S. The van der Waals surface area contributed by atoms with Crippen LogP contribution in [0.3, 0.4) is 0 Å². The van der Waals surface area contributed by atoms with Gasteiger partial charge >= 0.3 is 0 Å². The third-order valence-corrected chi connectivity index (χ3v) is 2.96. The van der Waals surface area contributed by atoms with E-state index in [0.29, 0.717) is 5.75 Å². The van der Waals surface area contributed by atoms with Gasteiger partial charge in [0.15, 0.2) is 11.5 Å². The minimum absolute atomic E-state index is 0.187. The second-order valence-corrected chi connectivity index (χ2v) is 4.09. The fraction of sp³-hybridized carbons (Fsp3) is 0.167. The molecule has 1 aromatic carbocycles. The van der Waals surface area contributed by atoms with Crippen molar-refractivity contribution >= 4 is 11.3 Å². The van der Waals surface area contributed by atoms with E-state index in [9.17, 15) is 5.11 Å². The number of methoxy groups -OCH3 is 1. The standard InChI is InChI=1S/C12H12O2S/c1-14-12-7-9(2-3-11(12)13)6-10-4-5-15-8-10/h2-5,7-8,13H,6H2,1H3. The van der Waals surface area contributed by atoms with E-state index in [4.69, 9.17) is 4.74 Å². The fourth-order valence-electron chi connectivity index (χ4n) is 1.46. The van der Waals surface area contributed by atoms with E-state index in [2.05, 4.69) is 16.8 Å². The van der Waals surface area contributed by atoms with E-state index in [-0.39, 0.29) is 5.75 Å². The van der Waals surface area contributed by atoms with Crippen LogP contribution >= 0.6 is 11.3 Å². The highest BCUT2D eigenvalue weighted by Crippen LogP contribution is 2.27. The second kappa shape index (κ2) is 4.36. The third kappa shape index (κ3) is 2.30. The largest absolute Gasteiger partial charge is 0.504 e. The summed E-state index contributed by atoms with van der Waals surface area (Å²) in [6.45, 7) is 0. The van der Waals surface area contributed by atoms with Crippen LogP contribution in [0.2, 0.25) is 0 Å². The van der Waals surface area contributed by atoms with Gasteiger partial charge in [-0.1, -0.05) is 6.07 Å². The molecule has 0 radical (unpaired) electrons. The monoisotopic (exact) mass is 220 g/mol. The number of phenolic OH excluding ortho intramolecular Hbond substituents is 1. The van der Waals surface area contributed by atoms with Crippen LogP contribution in [0.5, 0.6) is 11.5 Å². The van der Waals surface area contributed by atoms with Crippen LogP contribution in [-0.4, -0.2) is 12.2 Å². The van der Waals surface area contributed by atoms with Crippen molar-refractivity contribution in [2.24, 2.45) is 0 Å². The first-order valence-corrected chi connectivity index (χ1v) is 5.61. The molecule has 1 heterocycles. The Morgan fingerprint density at radius 2 is 2.13 bits per heavy atom. The van der Waals surface area contributed by atoms with Crippen molar-refractivity contribution in [2.75, 3.05) is 7.11 Å². The number of thiophene rings is 1. The zero-order valence-electron chi connectivity index (χ0n) is 8.43. The summed E-state index contributed by atoms with van der Waals surface area (Å²) in [5.41, 5.74) is 2.43.